The number of nitrogens with zero attached hydrogens (tertiary/aromatic N) is 1. The molecule has 340 valence electrons. The fourth-order valence-corrected chi connectivity index (χ4v) is 9.96. The number of hydrogen-bond acceptors (Lipinski definition) is 12. The van der Waals surface area contributed by atoms with Crippen molar-refractivity contribution in [2.45, 2.75) is 148 Å². The second-order valence-electron chi connectivity index (χ2n) is 18.4. The van der Waals surface area contributed by atoms with E-state index in [1.54, 1.807) is 52.5 Å². The van der Waals surface area contributed by atoms with E-state index in [9.17, 15) is 29.4 Å². The zero-order chi connectivity index (χ0) is 44.6. The predicted molar refractivity (Wildman–Crippen MR) is 229 cm³/mol. The number of phenols is 1. The molecular weight excluding hydrogens is 783 g/mol. The zero-order valence-corrected chi connectivity index (χ0v) is 37.8. The maximum absolute atomic E-state index is 14.0. The van der Waals surface area contributed by atoms with Crippen LogP contribution in [0.25, 0.3) is 0 Å². The summed E-state index contributed by atoms with van der Waals surface area (Å²) in [5.74, 6) is -5.63. The monoisotopic (exact) mass is 853 g/mol. The summed E-state index contributed by atoms with van der Waals surface area (Å²) in [5, 5.41) is 21.6. The van der Waals surface area contributed by atoms with Gasteiger partial charge in [-0.15, -0.1) is 0 Å². The lowest BCUT2D eigenvalue weighted by molar-refractivity contribution is -0.302. The molecular formula is C48H71NO12. The summed E-state index contributed by atoms with van der Waals surface area (Å²) in [4.78, 5) is 57.0. The molecule has 0 aromatic heterocycles. The Kier molecular flexibility index (Phi) is 17.2. The Morgan fingerprint density at radius 2 is 1.57 bits per heavy atom. The third-order valence-corrected chi connectivity index (χ3v) is 13.6. The fourth-order valence-electron chi connectivity index (χ4n) is 9.96. The first kappa shape index (κ1) is 48.4. The van der Waals surface area contributed by atoms with Crippen molar-refractivity contribution < 1.29 is 57.8 Å². The average Bonchev–Trinajstić information content (AvgIpc) is 3.75. The van der Waals surface area contributed by atoms with Crippen LogP contribution in [0.2, 0.25) is 0 Å². The van der Waals surface area contributed by atoms with Gasteiger partial charge in [0.05, 0.1) is 24.2 Å². The van der Waals surface area contributed by atoms with Crippen molar-refractivity contribution in [1.29, 1.82) is 0 Å². The number of carbonyl (C=O) groups excluding carboxylic acids is 4. The van der Waals surface area contributed by atoms with Gasteiger partial charge in [0.25, 0.3) is 11.7 Å². The summed E-state index contributed by atoms with van der Waals surface area (Å²) in [6, 6.07) is 6.65. The van der Waals surface area contributed by atoms with Gasteiger partial charge in [-0.3, -0.25) is 19.2 Å². The van der Waals surface area contributed by atoms with Crippen LogP contribution in [0.4, 0.5) is 0 Å². The fraction of sp³-hybridized carbons (Fsp3) is 0.708. The van der Waals surface area contributed by atoms with Crippen LogP contribution in [0.3, 0.4) is 0 Å². The van der Waals surface area contributed by atoms with Gasteiger partial charge < -0.3 is 43.5 Å². The average molecular weight is 854 g/mol. The van der Waals surface area contributed by atoms with Crippen LogP contribution in [0.1, 0.15) is 106 Å². The summed E-state index contributed by atoms with van der Waals surface area (Å²) in [5.41, 5.74) is 1.95. The molecule has 3 fully saturated rings. The van der Waals surface area contributed by atoms with Crippen LogP contribution in [0.5, 0.6) is 11.5 Å². The highest BCUT2D eigenvalue weighted by molar-refractivity contribution is 6.38. The van der Waals surface area contributed by atoms with Crippen LogP contribution in [-0.2, 0) is 42.9 Å². The molecule has 1 aliphatic carbocycles. The summed E-state index contributed by atoms with van der Waals surface area (Å²) >= 11 is 0. The van der Waals surface area contributed by atoms with Crippen molar-refractivity contribution >= 4 is 23.4 Å². The van der Waals surface area contributed by atoms with Crippen LogP contribution >= 0.6 is 0 Å². The number of esters is 1. The Morgan fingerprint density at radius 1 is 0.902 bits per heavy atom. The summed E-state index contributed by atoms with van der Waals surface area (Å²) in [6.45, 7) is 11.9. The minimum atomic E-state index is -2.42. The van der Waals surface area contributed by atoms with E-state index in [-0.39, 0.29) is 73.3 Å². The predicted octanol–water partition coefficient (Wildman–Crippen LogP) is 6.76. The Bertz CT molecular complexity index is 1730. The van der Waals surface area contributed by atoms with Gasteiger partial charge in [-0.05, 0) is 119 Å². The molecule has 13 heteroatoms. The van der Waals surface area contributed by atoms with Gasteiger partial charge in [0, 0.05) is 52.7 Å². The van der Waals surface area contributed by atoms with Gasteiger partial charge in [-0.1, -0.05) is 45.4 Å². The van der Waals surface area contributed by atoms with Crippen molar-refractivity contribution in [3.05, 3.63) is 47.6 Å². The van der Waals surface area contributed by atoms with Crippen LogP contribution in [-0.4, -0.2) is 115 Å². The molecule has 1 aromatic carbocycles. The molecule has 1 aromatic rings. The topological polar surface area (TPSA) is 167 Å². The van der Waals surface area contributed by atoms with E-state index in [1.807, 2.05) is 27.7 Å². The van der Waals surface area contributed by atoms with Crippen LogP contribution in [0, 0.1) is 35.5 Å². The highest BCUT2D eigenvalue weighted by Crippen LogP contribution is 2.39. The Hall–Kier alpha value is -3.62. The van der Waals surface area contributed by atoms with E-state index in [2.05, 4.69) is 19.1 Å². The van der Waals surface area contributed by atoms with Crippen LogP contribution in [0.15, 0.2) is 47.6 Å². The van der Waals surface area contributed by atoms with E-state index in [4.69, 9.17) is 28.4 Å². The molecule has 3 heterocycles. The number of hydrogen-bond donors (Lipinski definition) is 2. The minimum Gasteiger partial charge on any atom is -0.508 e. The van der Waals surface area contributed by atoms with Gasteiger partial charge in [0.1, 0.15) is 35.6 Å². The van der Waals surface area contributed by atoms with Gasteiger partial charge >= 0.3 is 5.97 Å². The third kappa shape index (κ3) is 11.9. The van der Waals surface area contributed by atoms with E-state index in [0.717, 1.165) is 24.0 Å². The number of phenolic OH excluding ortho intramolecular Hbond substituents is 1. The molecule has 0 spiro atoms. The molecule has 61 heavy (non-hydrogen) atoms. The first-order valence-corrected chi connectivity index (χ1v) is 22.4. The number of ketones is 2. The smallest absolute Gasteiger partial charge is 0.311 e. The van der Waals surface area contributed by atoms with Crippen molar-refractivity contribution in [3.8, 4) is 11.5 Å². The van der Waals surface area contributed by atoms with E-state index in [1.165, 1.54) is 4.90 Å². The second-order valence-corrected chi connectivity index (χ2v) is 18.4. The van der Waals surface area contributed by atoms with Crippen molar-refractivity contribution in [2.75, 3.05) is 34.4 Å². The number of aliphatic hydroxyl groups is 1. The minimum absolute atomic E-state index is 0.0387. The summed E-state index contributed by atoms with van der Waals surface area (Å²) in [7, 11) is 4.78. The lowest BCUT2D eigenvalue weighted by atomic mass is 9.82. The third-order valence-electron chi connectivity index (χ3n) is 13.6. The molecule has 1 saturated carbocycles. The number of allylic oxidation sites excluding steroid dienone is 3. The number of aromatic hydroxyl groups is 1. The number of carbonyl (C=O) groups is 4. The van der Waals surface area contributed by atoms with Crippen molar-refractivity contribution in [1.82, 2.24) is 4.90 Å². The van der Waals surface area contributed by atoms with Crippen molar-refractivity contribution in [3.63, 3.8) is 0 Å². The summed E-state index contributed by atoms with van der Waals surface area (Å²) < 4.78 is 36.5. The standard InChI is InChI=1S/C48H71NO12/c1-10-34-22-28(2)21-29(3)23-41(57-8)44-42(58-9)25-32(6)48(55,61-44)45(52)46(53)49-20-19-35(27-49)47(54)60-43(30(4)11-17-38(34)51)31(5)24-33-12-18-39(40(26-33)56-7)59-37-15-13-36(50)14-16-37/h13-16,22,24,29-30,32-35,39-44,50,55H,10-12,17-21,23,25-27H2,1-9H3/b28-22+,31-24?. The Balaban J connectivity index is 1.40. The van der Waals surface area contributed by atoms with E-state index in [0.29, 0.717) is 44.3 Å². The first-order valence-electron chi connectivity index (χ1n) is 22.4. The molecule has 4 aliphatic rings. The lowest BCUT2D eigenvalue weighted by Gasteiger charge is -2.46. The lowest BCUT2D eigenvalue weighted by Crippen LogP contribution is -2.63. The largest absolute Gasteiger partial charge is 0.508 e. The molecule has 0 radical (unpaired) electrons. The number of cyclic esters (lactones) is 1. The number of methoxy groups -OCH3 is 3. The highest BCUT2D eigenvalue weighted by Gasteiger charge is 2.56. The van der Waals surface area contributed by atoms with Crippen molar-refractivity contribution in [2.24, 2.45) is 35.5 Å². The van der Waals surface area contributed by atoms with E-state index < -0.39 is 59.7 Å². The maximum Gasteiger partial charge on any atom is 0.311 e. The summed E-state index contributed by atoms with van der Waals surface area (Å²) in [6.07, 6.45) is 6.82. The normalized spacial score (nSPS) is 37.6. The quantitative estimate of drug-likeness (QED) is 0.161. The number of benzene rings is 1. The molecule has 2 N–H and O–H groups in total. The number of ether oxygens (including phenoxy) is 6. The molecule has 13 nitrogen and oxygen atoms in total. The van der Waals surface area contributed by atoms with E-state index >= 15 is 0 Å². The molecule has 2 saturated heterocycles. The first-order chi connectivity index (χ1) is 29.0. The number of amides is 1. The van der Waals surface area contributed by atoms with Crippen LogP contribution < -0.4 is 4.74 Å². The SMILES string of the molecule is CCC1/C=C(\C)CC(C)CC(OC)C2OC(O)(C(=O)C(=O)N3CCC(C3)C(=O)OC(C(C)=CC3CCC(Oc4ccc(O)cc4)C(OC)C3)C(C)CCC1=O)C(C)CC2OC. The number of rotatable bonds is 8. The molecule has 13 unspecified atom stereocenters. The zero-order valence-electron chi connectivity index (χ0n) is 37.8. The van der Waals surface area contributed by atoms with Gasteiger partial charge in [-0.25, -0.2) is 0 Å². The number of fused-ring (bicyclic) bond motifs is 4. The molecule has 4 bridgehead atoms. The Morgan fingerprint density at radius 3 is 2.23 bits per heavy atom. The molecule has 13 atom stereocenters. The maximum atomic E-state index is 14.0. The molecule has 3 aliphatic heterocycles. The Labute approximate surface area is 362 Å². The number of Topliss-reactive ketones (excluding diaryl/α,β-unsaturated/α-hetero) is 2. The van der Waals surface area contributed by atoms with Gasteiger partial charge in [0.2, 0.25) is 5.79 Å². The second kappa shape index (κ2) is 21.6. The molecule has 1 amide bonds. The van der Waals surface area contributed by atoms with Gasteiger partial charge in [0.15, 0.2) is 0 Å². The highest BCUT2D eigenvalue weighted by atomic mass is 16.7. The molecule has 5 rings (SSSR count). The van der Waals surface area contributed by atoms with Gasteiger partial charge in [-0.2, -0.15) is 0 Å².